The van der Waals surface area contributed by atoms with Crippen molar-refractivity contribution in [3.63, 3.8) is 0 Å². The number of ether oxygens (including phenoxy) is 5. The number of hydrogen-bond acceptors (Lipinski definition) is 12. The summed E-state index contributed by atoms with van der Waals surface area (Å²) in [5, 5.41) is 23.4. The lowest BCUT2D eigenvalue weighted by Gasteiger charge is -2.42. The highest BCUT2D eigenvalue weighted by Gasteiger charge is 2.53. The Morgan fingerprint density at radius 1 is 0.844 bits per heavy atom. The molecule has 0 aromatic rings. The molecule has 0 spiro atoms. The Morgan fingerprint density at radius 2 is 1.58 bits per heavy atom. The number of allylic oxidation sites excluding steroid dienone is 6. The molecule has 3 aliphatic heterocycles. The van der Waals surface area contributed by atoms with Gasteiger partial charge in [-0.25, -0.2) is 4.79 Å². The standard InChI is InChI=1S/C51H79NO12/c1-31-17-12-11-13-18-32(2)43(61-9)29-40-23-22-37(7)51(59,64-40)48(56)49(57)52-24-15-14-21-41(52)50(58)63-44(34(4)27-38-19-16-20-39(28-38)60-8)30-42(53)33(3)26-36(6)46(55)47(62-10)45(54)35(5)25-31/h11-13,17-18,26,31,33-35,37-41,43-44,46-47,55,59H,14-16,19-25,27-30H2,1-10H3/b13-11+,17-12+,32-18+,36-26+/t31-,33-,34-,35-,37-,38+,39+,40+,41+,43+,44+,46-,47+,51-/m1/s1. The van der Waals surface area contributed by atoms with Crippen LogP contribution in [0, 0.1) is 35.5 Å². The fourth-order valence-corrected chi connectivity index (χ4v) is 10.1. The molecule has 1 saturated carbocycles. The van der Waals surface area contributed by atoms with Crippen molar-refractivity contribution < 1.29 is 57.9 Å². The average molecular weight is 898 g/mol. The SMILES string of the molecule is CO[C@H]1CCC[C@@H](C[C@@H](C)[C@@H]2CC(=O)[C@H](C)/C=C(\C)[C@@H](O)[C@@H](OC)C(=O)[C@H](C)C[C@H](C)/C=C/C=C/C=C(\C)[C@@H](OC)C[C@@H]3CC[C@@H](C)[C@@](O)(O3)C(=O)C(=O)N3CCCC[C@H]3C(=O)O2)C1. The van der Waals surface area contributed by atoms with E-state index >= 15 is 0 Å². The van der Waals surface area contributed by atoms with Crippen molar-refractivity contribution in [2.24, 2.45) is 35.5 Å². The molecule has 13 heteroatoms. The van der Waals surface area contributed by atoms with Crippen LogP contribution in [0.5, 0.6) is 0 Å². The number of methoxy groups -OCH3 is 3. The van der Waals surface area contributed by atoms with Gasteiger partial charge in [0.25, 0.3) is 11.7 Å². The topological polar surface area (TPSA) is 175 Å². The summed E-state index contributed by atoms with van der Waals surface area (Å²) >= 11 is 0. The van der Waals surface area contributed by atoms with E-state index in [0.717, 1.165) is 31.3 Å². The first kappa shape index (κ1) is 53.3. The van der Waals surface area contributed by atoms with Crippen molar-refractivity contribution in [1.29, 1.82) is 0 Å². The third-order valence-electron chi connectivity index (χ3n) is 14.4. The molecule has 0 aromatic carbocycles. The zero-order valence-electron chi connectivity index (χ0n) is 40.3. The molecule has 1 aliphatic carbocycles. The van der Waals surface area contributed by atoms with E-state index in [-0.39, 0.29) is 48.9 Å². The number of nitrogens with zero attached hydrogens (tertiary/aromatic N) is 1. The third-order valence-corrected chi connectivity index (χ3v) is 14.4. The quantitative estimate of drug-likeness (QED) is 0.156. The van der Waals surface area contributed by atoms with Gasteiger partial charge >= 0.3 is 5.97 Å². The van der Waals surface area contributed by atoms with E-state index in [1.54, 1.807) is 41.1 Å². The van der Waals surface area contributed by atoms with Crippen LogP contribution in [0.15, 0.2) is 47.6 Å². The number of amides is 1. The highest BCUT2D eigenvalue weighted by atomic mass is 16.6. The zero-order chi connectivity index (χ0) is 47.3. The van der Waals surface area contributed by atoms with Crippen LogP contribution in [0.25, 0.3) is 0 Å². The number of rotatable bonds is 6. The van der Waals surface area contributed by atoms with E-state index in [4.69, 9.17) is 23.7 Å². The summed E-state index contributed by atoms with van der Waals surface area (Å²) in [6.07, 6.45) is 14.7. The minimum absolute atomic E-state index is 0.0317. The molecule has 4 aliphatic rings. The average Bonchev–Trinajstić information content (AvgIpc) is 3.27. The Morgan fingerprint density at radius 3 is 2.27 bits per heavy atom. The molecule has 1 amide bonds. The number of piperidine rings is 1. The molecule has 14 atom stereocenters. The highest BCUT2D eigenvalue weighted by Crippen LogP contribution is 2.37. The van der Waals surface area contributed by atoms with Gasteiger partial charge < -0.3 is 38.8 Å². The molecule has 0 unspecified atom stereocenters. The summed E-state index contributed by atoms with van der Waals surface area (Å²) in [7, 11) is 4.69. The van der Waals surface area contributed by atoms with Crippen LogP contribution in [0.3, 0.4) is 0 Å². The Balaban J connectivity index is 1.70. The minimum atomic E-state index is -2.41. The van der Waals surface area contributed by atoms with Crippen LogP contribution in [0.2, 0.25) is 0 Å². The monoisotopic (exact) mass is 898 g/mol. The van der Waals surface area contributed by atoms with E-state index in [9.17, 15) is 34.2 Å². The summed E-state index contributed by atoms with van der Waals surface area (Å²) in [5.74, 6) is -7.45. The summed E-state index contributed by atoms with van der Waals surface area (Å²) in [5.41, 5.74) is 1.30. The maximum Gasteiger partial charge on any atom is 0.329 e. The maximum atomic E-state index is 14.4. The number of hydrogen-bond donors (Lipinski definition) is 2. The molecule has 2 N–H and O–H groups in total. The number of esters is 1. The number of carbonyl (C=O) groups is 5. The van der Waals surface area contributed by atoms with Crippen LogP contribution in [-0.2, 0) is 47.7 Å². The molecule has 4 rings (SSSR count). The van der Waals surface area contributed by atoms with E-state index < -0.39 is 77.8 Å². The number of ketones is 3. The fraction of sp³-hybridized carbons (Fsp3) is 0.745. The van der Waals surface area contributed by atoms with Crippen molar-refractivity contribution in [1.82, 2.24) is 4.90 Å². The van der Waals surface area contributed by atoms with Gasteiger partial charge in [0.1, 0.15) is 30.1 Å². The zero-order valence-corrected chi connectivity index (χ0v) is 40.3. The Bertz CT molecular complexity index is 1720. The first-order valence-electron chi connectivity index (χ1n) is 23.8. The predicted molar refractivity (Wildman–Crippen MR) is 244 cm³/mol. The predicted octanol–water partition coefficient (Wildman–Crippen LogP) is 7.21. The van der Waals surface area contributed by atoms with Crippen LogP contribution in [-0.4, -0.2) is 121 Å². The summed E-state index contributed by atoms with van der Waals surface area (Å²) in [4.78, 5) is 71.8. The van der Waals surface area contributed by atoms with Gasteiger partial charge in [0.2, 0.25) is 5.79 Å². The maximum absolute atomic E-state index is 14.4. The molecule has 3 fully saturated rings. The van der Waals surface area contributed by atoms with Crippen molar-refractivity contribution in [3.8, 4) is 0 Å². The van der Waals surface area contributed by atoms with Gasteiger partial charge in [-0.3, -0.25) is 19.2 Å². The van der Waals surface area contributed by atoms with E-state index in [0.29, 0.717) is 56.4 Å². The second-order valence-corrected chi connectivity index (χ2v) is 19.5. The largest absolute Gasteiger partial charge is 0.460 e. The van der Waals surface area contributed by atoms with Crippen molar-refractivity contribution in [3.05, 3.63) is 47.6 Å². The van der Waals surface area contributed by atoms with Gasteiger partial charge in [0, 0.05) is 58.5 Å². The van der Waals surface area contributed by atoms with Crippen LogP contribution < -0.4 is 0 Å². The number of aliphatic hydroxyl groups is 2. The molecule has 2 saturated heterocycles. The second-order valence-electron chi connectivity index (χ2n) is 19.5. The molecule has 0 aromatic heterocycles. The normalized spacial score (nSPS) is 39.7. The van der Waals surface area contributed by atoms with Crippen molar-refractivity contribution >= 4 is 29.2 Å². The lowest BCUT2D eigenvalue weighted by Crippen LogP contribution is -2.61. The number of carbonyl (C=O) groups excluding carboxylic acids is 5. The summed E-state index contributed by atoms with van der Waals surface area (Å²) < 4.78 is 29.6. The molecular weight excluding hydrogens is 819 g/mol. The Hall–Kier alpha value is -3.33. The van der Waals surface area contributed by atoms with E-state index in [2.05, 4.69) is 0 Å². The van der Waals surface area contributed by atoms with Gasteiger partial charge in [0.15, 0.2) is 5.78 Å². The highest BCUT2D eigenvalue weighted by molar-refractivity contribution is 6.39. The summed E-state index contributed by atoms with van der Waals surface area (Å²) in [6, 6.07) is -1.10. The summed E-state index contributed by atoms with van der Waals surface area (Å²) in [6.45, 7) is 12.9. The first-order chi connectivity index (χ1) is 30.3. The molecule has 64 heavy (non-hydrogen) atoms. The van der Waals surface area contributed by atoms with Crippen molar-refractivity contribution in [2.45, 2.75) is 180 Å². The third kappa shape index (κ3) is 14.1. The van der Waals surface area contributed by atoms with Gasteiger partial charge in [-0.2, -0.15) is 0 Å². The van der Waals surface area contributed by atoms with Gasteiger partial charge in [-0.05, 0) is 101 Å². The number of aliphatic hydroxyl groups excluding tert-OH is 1. The lowest BCUT2D eigenvalue weighted by molar-refractivity contribution is -0.265. The van der Waals surface area contributed by atoms with Crippen LogP contribution in [0.4, 0.5) is 0 Å². The molecular formula is C51H79NO12. The Kier molecular flexibility index (Phi) is 20.8. The lowest BCUT2D eigenvalue weighted by atomic mass is 9.79. The second kappa shape index (κ2) is 25.0. The molecule has 2 bridgehead atoms. The van der Waals surface area contributed by atoms with E-state index in [1.165, 1.54) is 12.0 Å². The number of cyclic esters (lactones) is 1. The molecule has 13 nitrogen and oxygen atoms in total. The fourth-order valence-electron chi connectivity index (χ4n) is 10.1. The minimum Gasteiger partial charge on any atom is -0.460 e. The molecule has 0 radical (unpaired) electrons. The Labute approximate surface area is 382 Å². The smallest absolute Gasteiger partial charge is 0.329 e. The number of fused-ring (bicyclic) bond motifs is 3. The van der Waals surface area contributed by atoms with Crippen LogP contribution >= 0.6 is 0 Å². The molecule has 3 heterocycles. The van der Waals surface area contributed by atoms with Gasteiger partial charge in [-0.15, -0.1) is 0 Å². The van der Waals surface area contributed by atoms with Crippen molar-refractivity contribution in [2.75, 3.05) is 27.9 Å². The van der Waals surface area contributed by atoms with Gasteiger partial charge in [-0.1, -0.05) is 83.9 Å². The number of Topliss-reactive ketones (excluding diaryl/α,β-unsaturated/α-hetero) is 3. The van der Waals surface area contributed by atoms with Crippen LogP contribution in [0.1, 0.15) is 132 Å². The first-order valence-corrected chi connectivity index (χ1v) is 23.8. The molecule has 360 valence electrons. The van der Waals surface area contributed by atoms with E-state index in [1.807, 2.05) is 58.1 Å². The van der Waals surface area contributed by atoms with Gasteiger partial charge in [0.05, 0.1) is 18.3 Å².